The van der Waals surface area contributed by atoms with Crippen molar-refractivity contribution < 1.29 is 0 Å². The molecule has 26 heavy (non-hydrogen) atoms. The van der Waals surface area contributed by atoms with E-state index in [9.17, 15) is 0 Å². The zero-order valence-corrected chi connectivity index (χ0v) is 16.3. The van der Waals surface area contributed by atoms with E-state index in [-0.39, 0.29) is 0 Å². The highest BCUT2D eigenvalue weighted by Gasteiger charge is 2.32. The highest BCUT2D eigenvalue weighted by atomic mass is 15.3. The number of piperidine rings is 1. The summed E-state index contributed by atoms with van der Waals surface area (Å²) in [5.74, 6) is 0.587. The standard InChI is InChI=1S/C21H29N5/c1-16(18-9-7-17(12-22)8-10-18)25(3)14-19-6-5-11-24(2)21(19)20-13-23-26(4)15-20/h7-10,13,15-16,19,21H,5-6,11,14H2,1-4H3/t16-,19-,21+/m0/s1. The zero-order valence-electron chi connectivity index (χ0n) is 16.3. The summed E-state index contributed by atoms with van der Waals surface area (Å²) in [6, 6.07) is 10.9. The maximum Gasteiger partial charge on any atom is 0.0991 e. The summed E-state index contributed by atoms with van der Waals surface area (Å²) in [4.78, 5) is 4.92. The highest BCUT2D eigenvalue weighted by Crippen LogP contribution is 2.36. The van der Waals surface area contributed by atoms with Crippen LogP contribution in [0.5, 0.6) is 0 Å². The van der Waals surface area contributed by atoms with Gasteiger partial charge in [0.2, 0.25) is 0 Å². The molecule has 5 heteroatoms. The van der Waals surface area contributed by atoms with Crippen LogP contribution in [0, 0.1) is 17.2 Å². The van der Waals surface area contributed by atoms with Gasteiger partial charge in [-0.1, -0.05) is 12.1 Å². The first-order valence-electron chi connectivity index (χ1n) is 9.38. The van der Waals surface area contributed by atoms with Crippen LogP contribution in [0.15, 0.2) is 36.7 Å². The van der Waals surface area contributed by atoms with Crippen molar-refractivity contribution in [1.82, 2.24) is 19.6 Å². The molecule has 0 aliphatic carbocycles. The molecule has 1 fully saturated rings. The van der Waals surface area contributed by atoms with Gasteiger partial charge >= 0.3 is 0 Å². The van der Waals surface area contributed by atoms with Crippen LogP contribution < -0.4 is 0 Å². The molecule has 3 atom stereocenters. The van der Waals surface area contributed by atoms with E-state index in [1.165, 1.54) is 24.0 Å². The number of nitrogens with zero attached hydrogens (tertiary/aromatic N) is 5. The van der Waals surface area contributed by atoms with Gasteiger partial charge in [0.15, 0.2) is 0 Å². The zero-order chi connectivity index (χ0) is 18.7. The second-order valence-corrected chi connectivity index (χ2v) is 7.62. The second-order valence-electron chi connectivity index (χ2n) is 7.62. The third-order valence-corrected chi connectivity index (χ3v) is 5.78. The lowest BCUT2D eigenvalue weighted by atomic mass is 9.85. The monoisotopic (exact) mass is 351 g/mol. The van der Waals surface area contributed by atoms with E-state index in [1.807, 2.05) is 30.1 Å². The second kappa shape index (κ2) is 8.03. The van der Waals surface area contributed by atoms with Crippen molar-refractivity contribution in [2.45, 2.75) is 31.8 Å². The Balaban J connectivity index is 1.73. The Morgan fingerprint density at radius 3 is 2.65 bits per heavy atom. The molecule has 3 rings (SSSR count). The Morgan fingerprint density at radius 2 is 2.04 bits per heavy atom. The van der Waals surface area contributed by atoms with Gasteiger partial charge in [0.1, 0.15) is 0 Å². The normalized spacial score (nSPS) is 22.3. The van der Waals surface area contributed by atoms with Crippen LogP contribution in [0.25, 0.3) is 0 Å². The van der Waals surface area contributed by atoms with Crippen LogP contribution in [0.1, 0.15) is 48.5 Å². The number of aryl methyl sites for hydroxylation is 1. The number of benzene rings is 1. The lowest BCUT2D eigenvalue weighted by Crippen LogP contribution is -2.41. The first kappa shape index (κ1) is 18.6. The SMILES string of the molecule is C[C@@H](c1ccc(C#N)cc1)N(C)C[C@@H]1CCCN(C)[C@H]1c1cnn(C)c1. The molecule has 1 saturated heterocycles. The number of rotatable bonds is 5. The fourth-order valence-corrected chi connectivity index (χ4v) is 4.19. The molecule has 1 aromatic carbocycles. The molecule has 138 valence electrons. The van der Waals surface area contributed by atoms with Gasteiger partial charge in [-0.2, -0.15) is 10.4 Å². The minimum Gasteiger partial charge on any atom is -0.299 e. The fraction of sp³-hybridized carbons (Fsp3) is 0.524. The van der Waals surface area contributed by atoms with Gasteiger partial charge in [0.05, 0.1) is 17.8 Å². The van der Waals surface area contributed by atoms with Crippen LogP contribution in [-0.4, -0.2) is 46.8 Å². The summed E-state index contributed by atoms with van der Waals surface area (Å²) in [6.45, 7) is 4.43. The Kier molecular flexibility index (Phi) is 5.75. The molecular formula is C21H29N5. The predicted octanol–water partition coefficient (Wildman–Crippen LogP) is 3.37. The number of nitriles is 1. The molecule has 1 aliphatic rings. The van der Waals surface area contributed by atoms with Crippen LogP contribution in [0.4, 0.5) is 0 Å². The average Bonchev–Trinajstić information content (AvgIpc) is 3.07. The molecule has 0 saturated carbocycles. The van der Waals surface area contributed by atoms with Crippen molar-refractivity contribution in [3.63, 3.8) is 0 Å². The van der Waals surface area contributed by atoms with E-state index in [2.05, 4.69) is 60.3 Å². The van der Waals surface area contributed by atoms with E-state index in [0.29, 0.717) is 23.6 Å². The third kappa shape index (κ3) is 3.98. The molecule has 0 bridgehead atoms. The van der Waals surface area contributed by atoms with Crippen molar-refractivity contribution >= 4 is 0 Å². The highest BCUT2D eigenvalue weighted by molar-refractivity contribution is 5.32. The first-order valence-corrected chi connectivity index (χ1v) is 9.38. The summed E-state index contributed by atoms with van der Waals surface area (Å²) in [7, 11) is 6.42. The van der Waals surface area contributed by atoms with Gasteiger partial charge in [-0.3, -0.25) is 14.5 Å². The number of aromatic nitrogens is 2. The lowest BCUT2D eigenvalue weighted by molar-refractivity contribution is 0.0839. The molecule has 0 amide bonds. The van der Waals surface area contributed by atoms with E-state index < -0.39 is 0 Å². The minimum atomic E-state index is 0.324. The molecule has 1 aliphatic heterocycles. The van der Waals surface area contributed by atoms with Gasteiger partial charge < -0.3 is 0 Å². The molecule has 0 N–H and O–H groups in total. The van der Waals surface area contributed by atoms with E-state index in [1.54, 1.807) is 0 Å². The van der Waals surface area contributed by atoms with E-state index >= 15 is 0 Å². The minimum absolute atomic E-state index is 0.324. The van der Waals surface area contributed by atoms with Crippen molar-refractivity contribution in [3.8, 4) is 6.07 Å². The summed E-state index contributed by atoms with van der Waals surface area (Å²) in [5, 5.41) is 13.4. The van der Waals surface area contributed by atoms with Crippen molar-refractivity contribution in [2.24, 2.45) is 13.0 Å². The van der Waals surface area contributed by atoms with Gasteiger partial charge in [-0.15, -0.1) is 0 Å². The smallest absolute Gasteiger partial charge is 0.0991 e. The van der Waals surface area contributed by atoms with Crippen LogP contribution in [-0.2, 0) is 7.05 Å². The molecule has 0 spiro atoms. The Hall–Kier alpha value is -2.16. The Labute approximate surface area is 156 Å². The van der Waals surface area contributed by atoms with Gasteiger partial charge in [0, 0.05) is 37.4 Å². The van der Waals surface area contributed by atoms with Gasteiger partial charge in [-0.05, 0) is 64.0 Å². The van der Waals surface area contributed by atoms with Crippen molar-refractivity contribution in [1.29, 1.82) is 5.26 Å². The lowest BCUT2D eigenvalue weighted by Gasteiger charge is -2.41. The summed E-state index contributed by atoms with van der Waals surface area (Å²) >= 11 is 0. The third-order valence-electron chi connectivity index (χ3n) is 5.78. The number of hydrogen-bond donors (Lipinski definition) is 0. The van der Waals surface area contributed by atoms with Crippen molar-refractivity contribution in [2.75, 3.05) is 27.2 Å². The van der Waals surface area contributed by atoms with Gasteiger partial charge in [-0.25, -0.2) is 0 Å². The molecule has 2 heterocycles. The van der Waals surface area contributed by atoms with Gasteiger partial charge in [0.25, 0.3) is 0 Å². The van der Waals surface area contributed by atoms with E-state index in [4.69, 9.17) is 5.26 Å². The molecule has 2 aromatic rings. The first-order chi connectivity index (χ1) is 12.5. The van der Waals surface area contributed by atoms with Crippen LogP contribution in [0.3, 0.4) is 0 Å². The fourth-order valence-electron chi connectivity index (χ4n) is 4.19. The Bertz CT molecular complexity index is 757. The summed E-state index contributed by atoms with van der Waals surface area (Å²) < 4.78 is 1.90. The molecular weight excluding hydrogens is 322 g/mol. The number of hydrogen-bond acceptors (Lipinski definition) is 4. The topological polar surface area (TPSA) is 48.1 Å². The Morgan fingerprint density at radius 1 is 1.31 bits per heavy atom. The maximum atomic E-state index is 8.98. The maximum absolute atomic E-state index is 8.98. The summed E-state index contributed by atoms with van der Waals surface area (Å²) in [6.07, 6.45) is 6.67. The molecule has 0 radical (unpaired) electrons. The quantitative estimate of drug-likeness (QED) is 0.829. The largest absolute Gasteiger partial charge is 0.299 e. The van der Waals surface area contributed by atoms with Crippen LogP contribution in [0.2, 0.25) is 0 Å². The number of likely N-dealkylation sites (tertiary alicyclic amines) is 1. The van der Waals surface area contributed by atoms with Crippen molar-refractivity contribution in [3.05, 3.63) is 53.3 Å². The predicted molar refractivity (Wildman–Crippen MR) is 104 cm³/mol. The van der Waals surface area contributed by atoms with Crippen LogP contribution >= 0.6 is 0 Å². The summed E-state index contributed by atoms with van der Waals surface area (Å²) in [5.41, 5.74) is 3.29. The average molecular weight is 351 g/mol. The molecule has 0 unspecified atom stereocenters. The molecule has 1 aromatic heterocycles. The van der Waals surface area contributed by atoms with E-state index in [0.717, 1.165) is 13.1 Å². The molecule has 5 nitrogen and oxygen atoms in total.